The zero-order valence-electron chi connectivity index (χ0n) is 9.35. The summed E-state index contributed by atoms with van der Waals surface area (Å²) in [6.07, 6.45) is 6.15. The zero-order chi connectivity index (χ0) is 11.0. The van der Waals surface area contributed by atoms with E-state index in [-0.39, 0.29) is 0 Å². The van der Waals surface area contributed by atoms with E-state index in [1.165, 1.54) is 11.1 Å². The highest BCUT2D eigenvalue weighted by Crippen LogP contribution is 2.29. The molecule has 0 atom stereocenters. The SMILES string of the molecule is CNc1cnn(C2Cc3ccccc3C2)c1. The molecule has 1 N–H and O–H groups in total. The van der Waals surface area contributed by atoms with Gasteiger partial charge in [-0.3, -0.25) is 4.68 Å². The van der Waals surface area contributed by atoms with E-state index in [1.807, 2.05) is 13.2 Å². The molecule has 0 aliphatic heterocycles. The third kappa shape index (κ3) is 1.48. The number of aromatic nitrogens is 2. The minimum absolute atomic E-state index is 0.486. The number of benzene rings is 1. The lowest BCUT2D eigenvalue weighted by atomic mass is 10.1. The van der Waals surface area contributed by atoms with Crippen LogP contribution in [0, 0.1) is 0 Å². The van der Waals surface area contributed by atoms with Crippen molar-refractivity contribution in [1.82, 2.24) is 9.78 Å². The molecule has 0 spiro atoms. The number of nitrogens with one attached hydrogen (secondary N) is 1. The van der Waals surface area contributed by atoms with Gasteiger partial charge in [0.1, 0.15) is 0 Å². The summed E-state index contributed by atoms with van der Waals surface area (Å²) in [5.41, 5.74) is 4.01. The molecule has 82 valence electrons. The molecule has 3 nitrogen and oxygen atoms in total. The molecule has 2 aromatic rings. The smallest absolute Gasteiger partial charge is 0.0724 e. The Kier molecular flexibility index (Phi) is 2.17. The maximum absolute atomic E-state index is 4.41. The lowest BCUT2D eigenvalue weighted by Crippen LogP contribution is -2.09. The topological polar surface area (TPSA) is 29.9 Å². The van der Waals surface area contributed by atoms with E-state index in [4.69, 9.17) is 0 Å². The molecule has 1 heterocycles. The first kappa shape index (κ1) is 9.46. The number of hydrogen-bond acceptors (Lipinski definition) is 2. The van der Waals surface area contributed by atoms with Crippen LogP contribution in [0.1, 0.15) is 17.2 Å². The lowest BCUT2D eigenvalue weighted by molar-refractivity contribution is 0.475. The van der Waals surface area contributed by atoms with E-state index in [0.717, 1.165) is 18.5 Å². The van der Waals surface area contributed by atoms with Gasteiger partial charge in [-0.15, -0.1) is 0 Å². The number of nitrogens with zero attached hydrogens (tertiary/aromatic N) is 2. The van der Waals surface area contributed by atoms with Gasteiger partial charge in [-0.1, -0.05) is 24.3 Å². The fourth-order valence-corrected chi connectivity index (χ4v) is 2.39. The highest BCUT2D eigenvalue weighted by Gasteiger charge is 2.22. The van der Waals surface area contributed by atoms with Crippen molar-refractivity contribution < 1.29 is 0 Å². The van der Waals surface area contributed by atoms with Crippen molar-refractivity contribution in [1.29, 1.82) is 0 Å². The van der Waals surface area contributed by atoms with Crippen molar-refractivity contribution >= 4 is 5.69 Å². The standard InChI is InChI=1S/C13H15N3/c1-14-12-8-15-16(9-12)13-6-10-4-2-3-5-11(10)7-13/h2-5,8-9,13-14H,6-7H2,1H3. The summed E-state index contributed by atoms with van der Waals surface area (Å²) < 4.78 is 2.08. The molecule has 0 fully saturated rings. The normalized spacial score (nSPS) is 15.1. The Morgan fingerprint density at radius 2 is 1.94 bits per heavy atom. The fraction of sp³-hybridized carbons (Fsp3) is 0.308. The Balaban J connectivity index is 1.85. The van der Waals surface area contributed by atoms with E-state index in [2.05, 4.69) is 45.6 Å². The zero-order valence-corrected chi connectivity index (χ0v) is 9.35. The van der Waals surface area contributed by atoms with Crippen molar-refractivity contribution in [2.45, 2.75) is 18.9 Å². The molecule has 1 aromatic heterocycles. The Morgan fingerprint density at radius 1 is 1.25 bits per heavy atom. The van der Waals surface area contributed by atoms with E-state index in [9.17, 15) is 0 Å². The highest BCUT2D eigenvalue weighted by molar-refractivity contribution is 5.38. The van der Waals surface area contributed by atoms with E-state index in [1.54, 1.807) is 0 Å². The molecule has 0 radical (unpaired) electrons. The first-order valence-corrected chi connectivity index (χ1v) is 5.65. The number of anilines is 1. The molecule has 0 amide bonds. The predicted octanol–water partition coefficient (Wildman–Crippen LogP) is 2.26. The molecule has 0 saturated heterocycles. The number of fused-ring (bicyclic) bond motifs is 1. The van der Waals surface area contributed by atoms with Crippen molar-refractivity contribution in [3.05, 3.63) is 47.8 Å². The maximum atomic E-state index is 4.41. The molecule has 0 unspecified atom stereocenters. The average Bonchev–Trinajstić information content (AvgIpc) is 2.95. The van der Waals surface area contributed by atoms with Gasteiger partial charge in [0.2, 0.25) is 0 Å². The summed E-state index contributed by atoms with van der Waals surface area (Å²) in [6.45, 7) is 0. The molecule has 0 saturated carbocycles. The molecule has 0 bridgehead atoms. The van der Waals surface area contributed by atoms with Gasteiger partial charge in [0, 0.05) is 13.2 Å². The summed E-state index contributed by atoms with van der Waals surface area (Å²) in [6, 6.07) is 9.15. The molecule has 3 heteroatoms. The molecule has 1 aliphatic carbocycles. The minimum atomic E-state index is 0.486. The minimum Gasteiger partial charge on any atom is -0.386 e. The van der Waals surface area contributed by atoms with Crippen molar-refractivity contribution in [2.75, 3.05) is 12.4 Å². The van der Waals surface area contributed by atoms with Gasteiger partial charge < -0.3 is 5.32 Å². The van der Waals surface area contributed by atoms with Crippen LogP contribution in [-0.4, -0.2) is 16.8 Å². The van der Waals surface area contributed by atoms with E-state index in [0.29, 0.717) is 6.04 Å². The molecule has 1 aliphatic rings. The van der Waals surface area contributed by atoms with Crippen LogP contribution in [0.3, 0.4) is 0 Å². The summed E-state index contributed by atoms with van der Waals surface area (Å²) in [4.78, 5) is 0. The van der Waals surface area contributed by atoms with E-state index >= 15 is 0 Å². The van der Waals surface area contributed by atoms with E-state index < -0.39 is 0 Å². The molecular weight excluding hydrogens is 198 g/mol. The third-order valence-corrected chi connectivity index (χ3v) is 3.29. The third-order valence-electron chi connectivity index (χ3n) is 3.29. The van der Waals surface area contributed by atoms with Crippen LogP contribution >= 0.6 is 0 Å². The summed E-state index contributed by atoms with van der Waals surface area (Å²) >= 11 is 0. The van der Waals surface area contributed by atoms with Gasteiger partial charge >= 0.3 is 0 Å². The van der Waals surface area contributed by atoms with Crippen LogP contribution in [0.4, 0.5) is 5.69 Å². The van der Waals surface area contributed by atoms with Gasteiger partial charge in [-0.05, 0) is 24.0 Å². The van der Waals surface area contributed by atoms with Gasteiger partial charge in [0.25, 0.3) is 0 Å². The predicted molar refractivity (Wildman–Crippen MR) is 64.7 cm³/mol. The van der Waals surface area contributed by atoms with Crippen molar-refractivity contribution in [2.24, 2.45) is 0 Å². The van der Waals surface area contributed by atoms with Gasteiger partial charge in [0.15, 0.2) is 0 Å². The van der Waals surface area contributed by atoms with Crippen LogP contribution < -0.4 is 5.32 Å². The van der Waals surface area contributed by atoms with Crippen LogP contribution in [0.2, 0.25) is 0 Å². The summed E-state index contributed by atoms with van der Waals surface area (Å²) in [7, 11) is 1.92. The van der Waals surface area contributed by atoms with Gasteiger partial charge in [-0.25, -0.2) is 0 Å². The van der Waals surface area contributed by atoms with Crippen LogP contribution in [0.5, 0.6) is 0 Å². The van der Waals surface area contributed by atoms with Crippen molar-refractivity contribution in [3.63, 3.8) is 0 Å². The molecule has 16 heavy (non-hydrogen) atoms. The monoisotopic (exact) mass is 213 g/mol. The molecular formula is C13H15N3. The quantitative estimate of drug-likeness (QED) is 0.829. The number of hydrogen-bond donors (Lipinski definition) is 1. The molecule has 1 aromatic carbocycles. The number of rotatable bonds is 2. The largest absolute Gasteiger partial charge is 0.386 e. The van der Waals surface area contributed by atoms with Crippen LogP contribution in [0.15, 0.2) is 36.7 Å². The van der Waals surface area contributed by atoms with Crippen LogP contribution in [-0.2, 0) is 12.8 Å². The fourth-order valence-electron chi connectivity index (χ4n) is 2.39. The Bertz CT molecular complexity index is 476. The Labute approximate surface area is 95.1 Å². The lowest BCUT2D eigenvalue weighted by Gasteiger charge is -2.08. The average molecular weight is 213 g/mol. The van der Waals surface area contributed by atoms with Gasteiger partial charge in [0.05, 0.1) is 17.9 Å². The second-order valence-electron chi connectivity index (χ2n) is 4.29. The van der Waals surface area contributed by atoms with Crippen LogP contribution in [0.25, 0.3) is 0 Å². The second kappa shape index (κ2) is 3.67. The summed E-state index contributed by atoms with van der Waals surface area (Å²) in [5.74, 6) is 0. The van der Waals surface area contributed by atoms with Crippen molar-refractivity contribution in [3.8, 4) is 0 Å². The Hall–Kier alpha value is -1.77. The first-order valence-electron chi connectivity index (χ1n) is 5.65. The Morgan fingerprint density at radius 3 is 2.50 bits per heavy atom. The summed E-state index contributed by atoms with van der Waals surface area (Å²) in [5, 5.41) is 7.51. The van der Waals surface area contributed by atoms with Gasteiger partial charge in [-0.2, -0.15) is 5.10 Å². The second-order valence-corrected chi connectivity index (χ2v) is 4.29. The molecule has 3 rings (SSSR count). The maximum Gasteiger partial charge on any atom is 0.0724 e. The highest BCUT2D eigenvalue weighted by atomic mass is 15.3. The first-order chi connectivity index (χ1) is 7.86.